The van der Waals surface area contributed by atoms with Gasteiger partial charge in [0.15, 0.2) is 18.3 Å². The van der Waals surface area contributed by atoms with Crippen LogP contribution in [0.25, 0.3) is 11.3 Å². The zero-order chi connectivity index (χ0) is 22.4. The Morgan fingerprint density at radius 3 is 2.68 bits per heavy atom. The number of rotatable bonds is 8. The number of hydrogen-bond acceptors (Lipinski definition) is 7. The van der Waals surface area contributed by atoms with Gasteiger partial charge in [0.2, 0.25) is 0 Å². The number of nitrogens with one attached hydrogen (secondary N) is 1. The van der Waals surface area contributed by atoms with E-state index in [1.54, 1.807) is 6.20 Å². The summed E-state index contributed by atoms with van der Waals surface area (Å²) in [6.07, 6.45) is 1.75. The molecule has 0 saturated carbocycles. The first-order valence-corrected chi connectivity index (χ1v) is 9.61. The van der Waals surface area contributed by atoms with Crippen molar-refractivity contribution in [3.05, 3.63) is 75.3 Å². The number of aryl methyl sites for hydroxylation is 2. The lowest BCUT2D eigenvalue weighted by Crippen LogP contribution is -2.21. The van der Waals surface area contributed by atoms with Gasteiger partial charge in [0.25, 0.3) is 11.6 Å². The fourth-order valence-electron chi connectivity index (χ4n) is 2.65. The van der Waals surface area contributed by atoms with Crippen LogP contribution in [0.3, 0.4) is 0 Å². The molecule has 9 nitrogen and oxygen atoms in total. The number of halogens is 1. The van der Waals surface area contributed by atoms with Gasteiger partial charge in [0.05, 0.1) is 17.5 Å². The molecular formula is C21H18ClN3O6. The van der Waals surface area contributed by atoms with Crippen LogP contribution in [0.5, 0.6) is 0 Å². The fourth-order valence-corrected chi connectivity index (χ4v) is 2.82. The maximum absolute atomic E-state index is 12.0. The summed E-state index contributed by atoms with van der Waals surface area (Å²) in [4.78, 5) is 38.4. The molecule has 3 rings (SSSR count). The Morgan fingerprint density at radius 1 is 1.23 bits per heavy atom. The molecule has 0 atom stereocenters. The first kappa shape index (κ1) is 22.0. The summed E-state index contributed by atoms with van der Waals surface area (Å²) in [5, 5.41) is 13.5. The van der Waals surface area contributed by atoms with Gasteiger partial charge in [-0.1, -0.05) is 41.4 Å². The molecule has 10 heteroatoms. The second kappa shape index (κ2) is 9.86. The molecule has 31 heavy (non-hydrogen) atoms. The van der Waals surface area contributed by atoms with Crippen molar-refractivity contribution in [1.82, 2.24) is 4.98 Å². The third kappa shape index (κ3) is 6.13. The number of anilines is 1. The van der Waals surface area contributed by atoms with E-state index in [0.717, 1.165) is 17.2 Å². The molecule has 0 fully saturated rings. The number of oxazole rings is 1. The van der Waals surface area contributed by atoms with Crippen LogP contribution in [0.1, 0.15) is 17.9 Å². The number of carbonyl (C=O) groups excluding carboxylic acids is 2. The zero-order valence-electron chi connectivity index (χ0n) is 16.5. The Balaban J connectivity index is 1.47. The number of benzene rings is 2. The van der Waals surface area contributed by atoms with Crippen molar-refractivity contribution >= 4 is 34.9 Å². The van der Waals surface area contributed by atoms with Gasteiger partial charge in [-0.25, -0.2) is 4.98 Å². The highest BCUT2D eigenvalue weighted by Crippen LogP contribution is 2.27. The van der Waals surface area contributed by atoms with E-state index in [1.165, 1.54) is 12.1 Å². The summed E-state index contributed by atoms with van der Waals surface area (Å²) in [6.45, 7) is 1.40. The van der Waals surface area contributed by atoms with E-state index in [2.05, 4.69) is 10.3 Å². The van der Waals surface area contributed by atoms with Crippen molar-refractivity contribution in [2.24, 2.45) is 0 Å². The predicted molar refractivity (Wildman–Crippen MR) is 113 cm³/mol. The molecule has 1 aromatic heterocycles. The monoisotopic (exact) mass is 443 g/mol. The van der Waals surface area contributed by atoms with Gasteiger partial charge in [-0.15, -0.1) is 0 Å². The molecule has 1 N–H and O–H groups in total. The number of ether oxygens (including phenoxy) is 1. The van der Waals surface area contributed by atoms with E-state index in [4.69, 9.17) is 20.8 Å². The molecule has 1 heterocycles. The molecule has 0 aliphatic heterocycles. The second-order valence-corrected chi connectivity index (χ2v) is 7.05. The quantitative estimate of drug-likeness (QED) is 0.312. The summed E-state index contributed by atoms with van der Waals surface area (Å²) in [7, 11) is 0. The van der Waals surface area contributed by atoms with Crippen LogP contribution < -0.4 is 5.32 Å². The van der Waals surface area contributed by atoms with E-state index in [1.807, 2.05) is 31.2 Å². The lowest BCUT2D eigenvalue weighted by molar-refractivity contribution is -0.383. The van der Waals surface area contributed by atoms with Crippen molar-refractivity contribution in [2.75, 3.05) is 11.9 Å². The first-order valence-electron chi connectivity index (χ1n) is 9.23. The summed E-state index contributed by atoms with van der Waals surface area (Å²) in [6, 6.07) is 11.6. The molecule has 0 aliphatic carbocycles. The normalized spacial score (nSPS) is 10.5. The van der Waals surface area contributed by atoms with Gasteiger partial charge in [-0.3, -0.25) is 19.7 Å². The van der Waals surface area contributed by atoms with Crippen LogP contribution in [0, 0.1) is 17.0 Å². The van der Waals surface area contributed by atoms with Crippen LogP contribution in [0.4, 0.5) is 11.4 Å². The average molecular weight is 444 g/mol. The molecule has 0 saturated heterocycles. The molecule has 0 unspecified atom stereocenters. The maximum Gasteiger partial charge on any atom is 0.306 e. The molecule has 0 aliphatic rings. The van der Waals surface area contributed by atoms with E-state index in [0.29, 0.717) is 11.7 Å². The van der Waals surface area contributed by atoms with Gasteiger partial charge >= 0.3 is 5.97 Å². The molecule has 2 aromatic carbocycles. The molecule has 1 amide bonds. The average Bonchev–Trinajstić information content (AvgIpc) is 3.21. The molecule has 0 radical (unpaired) electrons. The van der Waals surface area contributed by atoms with Crippen LogP contribution in [-0.2, 0) is 20.7 Å². The number of aromatic nitrogens is 1. The van der Waals surface area contributed by atoms with Gasteiger partial charge in [-0.2, -0.15) is 0 Å². The number of nitro benzene ring substituents is 1. The van der Waals surface area contributed by atoms with Crippen molar-refractivity contribution in [2.45, 2.75) is 19.8 Å². The van der Waals surface area contributed by atoms with E-state index in [9.17, 15) is 19.7 Å². The van der Waals surface area contributed by atoms with Crippen LogP contribution in [0.15, 0.2) is 53.1 Å². The Kier molecular flexibility index (Phi) is 6.99. The van der Waals surface area contributed by atoms with E-state index in [-0.39, 0.29) is 29.2 Å². The minimum Gasteiger partial charge on any atom is -0.456 e. The van der Waals surface area contributed by atoms with Gasteiger partial charge < -0.3 is 14.5 Å². The number of nitrogens with zero attached hydrogens (tertiary/aromatic N) is 2. The Morgan fingerprint density at radius 2 is 1.97 bits per heavy atom. The predicted octanol–water partition coefficient (Wildman–Crippen LogP) is 4.33. The molecular weight excluding hydrogens is 426 g/mol. The number of amides is 1. The Bertz CT molecular complexity index is 1110. The van der Waals surface area contributed by atoms with Crippen LogP contribution >= 0.6 is 11.6 Å². The second-order valence-electron chi connectivity index (χ2n) is 6.61. The van der Waals surface area contributed by atoms with Crippen molar-refractivity contribution in [3.8, 4) is 11.3 Å². The molecule has 0 bridgehead atoms. The summed E-state index contributed by atoms with van der Waals surface area (Å²) in [5.74, 6) is -0.381. The zero-order valence-corrected chi connectivity index (χ0v) is 17.2. The topological polar surface area (TPSA) is 125 Å². The lowest BCUT2D eigenvalue weighted by Gasteiger charge is -2.07. The molecule has 160 valence electrons. The lowest BCUT2D eigenvalue weighted by atomic mass is 10.1. The van der Waals surface area contributed by atoms with Crippen molar-refractivity contribution in [1.29, 1.82) is 0 Å². The maximum atomic E-state index is 12.0. The first-order chi connectivity index (χ1) is 14.8. The standard InChI is InChI=1S/C21H18ClN3O6/c1-13-2-4-14(5-3-13)18-11-23-20(31-18)8-9-21(27)30-12-19(26)24-16-7-6-15(22)10-17(16)25(28)29/h2-7,10-11H,8-9,12H2,1H3,(H,24,26). The summed E-state index contributed by atoms with van der Waals surface area (Å²) in [5.41, 5.74) is 1.60. The van der Waals surface area contributed by atoms with Gasteiger partial charge in [0, 0.05) is 23.1 Å². The minimum absolute atomic E-state index is 0.0395. The highest BCUT2D eigenvalue weighted by molar-refractivity contribution is 6.31. The fraction of sp³-hybridized carbons (Fsp3) is 0.190. The molecule has 0 spiro atoms. The third-order valence-corrected chi connectivity index (χ3v) is 4.46. The highest BCUT2D eigenvalue weighted by atomic mass is 35.5. The van der Waals surface area contributed by atoms with Crippen molar-refractivity contribution < 1.29 is 23.7 Å². The van der Waals surface area contributed by atoms with Gasteiger partial charge in [0.1, 0.15) is 5.69 Å². The van der Waals surface area contributed by atoms with Crippen LogP contribution in [0.2, 0.25) is 5.02 Å². The number of esters is 1. The highest BCUT2D eigenvalue weighted by Gasteiger charge is 2.17. The molecule has 3 aromatic rings. The number of hydrogen-bond donors (Lipinski definition) is 1. The van der Waals surface area contributed by atoms with Gasteiger partial charge in [-0.05, 0) is 19.1 Å². The van der Waals surface area contributed by atoms with Crippen LogP contribution in [-0.4, -0.2) is 28.4 Å². The Labute approximate surface area is 182 Å². The summed E-state index contributed by atoms with van der Waals surface area (Å²) >= 11 is 5.73. The smallest absolute Gasteiger partial charge is 0.306 e. The Hall–Kier alpha value is -3.72. The SMILES string of the molecule is Cc1ccc(-c2cnc(CCC(=O)OCC(=O)Nc3ccc(Cl)cc3[N+](=O)[O-])o2)cc1. The van der Waals surface area contributed by atoms with E-state index >= 15 is 0 Å². The number of nitro groups is 1. The van der Waals surface area contributed by atoms with E-state index < -0.39 is 23.4 Å². The largest absolute Gasteiger partial charge is 0.456 e. The third-order valence-electron chi connectivity index (χ3n) is 4.23. The van der Waals surface area contributed by atoms with Crippen molar-refractivity contribution in [3.63, 3.8) is 0 Å². The minimum atomic E-state index is -0.712. The summed E-state index contributed by atoms with van der Waals surface area (Å²) < 4.78 is 10.5. The number of carbonyl (C=O) groups is 2.